The Kier molecular flexibility index (Phi) is 9.48. The molecule has 1 aromatic heterocycles. The van der Waals surface area contributed by atoms with E-state index in [1.165, 1.54) is 11.8 Å². The van der Waals surface area contributed by atoms with E-state index in [1.807, 2.05) is 86.0 Å². The maximum absolute atomic E-state index is 13.5. The molecule has 0 unspecified atom stereocenters. The van der Waals surface area contributed by atoms with Crippen LogP contribution in [-0.2, 0) is 32.5 Å². The van der Waals surface area contributed by atoms with E-state index >= 15 is 0 Å². The summed E-state index contributed by atoms with van der Waals surface area (Å²) >= 11 is 1.52. The number of thioether (sulfide) groups is 1. The zero-order valence-corrected chi connectivity index (χ0v) is 24.2. The smallest absolute Gasteiger partial charge is 0.326 e. The summed E-state index contributed by atoms with van der Waals surface area (Å²) in [5.74, 6) is 0.317. The Bertz CT molecular complexity index is 1480. The average Bonchev–Trinajstić information content (AvgIpc) is 3.25. The molecule has 7 nitrogen and oxygen atoms in total. The van der Waals surface area contributed by atoms with E-state index in [0.717, 1.165) is 16.6 Å². The topological polar surface area (TPSA) is 81.5 Å². The number of aromatic nitrogens is 2. The molecule has 1 heterocycles. The van der Waals surface area contributed by atoms with Gasteiger partial charge in [0.1, 0.15) is 12.1 Å². The van der Waals surface area contributed by atoms with Gasteiger partial charge in [-0.25, -0.2) is 13.4 Å². The van der Waals surface area contributed by atoms with Crippen LogP contribution in [0.1, 0.15) is 32.8 Å². The van der Waals surface area contributed by atoms with Gasteiger partial charge in [-0.3, -0.25) is 4.79 Å². The van der Waals surface area contributed by atoms with Crippen LogP contribution in [0.5, 0.6) is 0 Å². The molecule has 0 N–H and O–H groups in total. The highest BCUT2D eigenvalue weighted by Gasteiger charge is 2.24. The van der Waals surface area contributed by atoms with Gasteiger partial charge in [0, 0.05) is 18.8 Å². The largest absolute Gasteiger partial charge is 0.459 e. The van der Waals surface area contributed by atoms with Crippen molar-refractivity contribution >= 4 is 38.8 Å². The number of rotatable bonds is 12. The van der Waals surface area contributed by atoms with Crippen LogP contribution in [0.3, 0.4) is 0 Å². The van der Waals surface area contributed by atoms with Gasteiger partial charge < -0.3 is 9.30 Å². The molecule has 0 amide bonds. The second kappa shape index (κ2) is 12.8. The van der Waals surface area contributed by atoms with E-state index < -0.39 is 15.6 Å². The molecule has 0 fully saturated rings. The van der Waals surface area contributed by atoms with Gasteiger partial charge in [-0.05, 0) is 63.4 Å². The molecule has 0 radical (unpaired) electrons. The average molecular weight is 566 g/mol. The SMILES string of the molecule is CC(C)(C)OC(=O)Cn1c(SCCCN(CCc2ccccc2)S(=O)(=O)c2ccccc2)nc2ccccc21. The summed E-state index contributed by atoms with van der Waals surface area (Å²) in [6, 6.07) is 26.2. The molecule has 0 aliphatic carbocycles. The summed E-state index contributed by atoms with van der Waals surface area (Å²) in [6.07, 6.45) is 1.26. The Balaban J connectivity index is 1.46. The molecular formula is C30H35N3O4S2. The number of hydrogen-bond donors (Lipinski definition) is 0. The van der Waals surface area contributed by atoms with Gasteiger partial charge in [-0.2, -0.15) is 4.31 Å². The first-order valence-corrected chi connectivity index (χ1v) is 15.4. The first kappa shape index (κ1) is 28.9. The van der Waals surface area contributed by atoms with Gasteiger partial charge in [-0.15, -0.1) is 0 Å². The van der Waals surface area contributed by atoms with Gasteiger partial charge in [0.15, 0.2) is 5.16 Å². The summed E-state index contributed by atoms with van der Waals surface area (Å²) in [5.41, 5.74) is 2.19. The Labute approximate surface area is 235 Å². The summed E-state index contributed by atoms with van der Waals surface area (Å²) in [6.45, 7) is 6.37. The van der Waals surface area contributed by atoms with Gasteiger partial charge in [-0.1, -0.05) is 72.4 Å². The summed E-state index contributed by atoms with van der Waals surface area (Å²) in [7, 11) is -3.64. The fraction of sp³-hybridized carbons (Fsp3) is 0.333. The Morgan fingerprint density at radius 3 is 2.26 bits per heavy atom. The third-order valence-corrected chi connectivity index (χ3v) is 8.96. The van der Waals surface area contributed by atoms with Crippen LogP contribution in [0.4, 0.5) is 0 Å². The quantitative estimate of drug-likeness (QED) is 0.123. The van der Waals surface area contributed by atoms with Gasteiger partial charge in [0.05, 0.1) is 15.9 Å². The standard InChI is InChI=1S/C30H35N3O4S2/c1-30(2,3)37-28(34)23-33-27-18-11-10-17-26(27)31-29(33)38-22-12-20-32(21-19-24-13-6-4-7-14-24)39(35,36)25-15-8-5-9-16-25/h4-11,13-18H,12,19-23H2,1-3H3. The van der Waals surface area contributed by atoms with Crippen LogP contribution in [-0.4, -0.2) is 52.7 Å². The molecule has 3 aromatic carbocycles. The molecule has 0 aliphatic rings. The fourth-order valence-electron chi connectivity index (χ4n) is 4.22. The van der Waals surface area contributed by atoms with Crippen LogP contribution in [0, 0.1) is 0 Å². The molecule has 4 aromatic rings. The van der Waals surface area contributed by atoms with Gasteiger partial charge in [0.2, 0.25) is 10.0 Å². The van der Waals surface area contributed by atoms with Crippen molar-refractivity contribution in [2.75, 3.05) is 18.8 Å². The van der Waals surface area contributed by atoms with Crippen LogP contribution in [0.2, 0.25) is 0 Å². The minimum absolute atomic E-state index is 0.0612. The number of esters is 1. The maximum atomic E-state index is 13.5. The normalized spacial score (nSPS) is 12.2. The number of benzene rings is 3. The van der Waals surface area contributed by atoms with Gasteiger partial charge in [0.25, 0.3) is 0 Å². The Morgan fingerprint density at radius 1 is 0.923 bits per heavy atom. The zero-order valence-electron chi connectivity index (χ0n) is 22.6. The highest BCUT2D eigenvalue weighted by atomic mass is 32.2. The first-order valence-electron chi connectivity index (χ1n) is 13.0. The van der Waals surface area contributed by atoms with Crippen molar-refractivity contribution < 1.29 is 17.9 Å². The van der Waals surface area contributed by atoms with Crippen LogP contribution in [0.25, 0.3) is 11.0 Å². The predicted molar refractivity (Wildman–Crippen MR) is 156 cm³/mol. The van der Waals surface area contributed by atoms with Crippen molar-refractivity contribution in [2.45, 2.75) is 55.8 Å². The molecule has 0 saturated carbocycles. The molecule has 206 valence electrons. The van der Waals surface area contributed by atoms with E-state index in [1.54, 1.807) is 28.6 Å². The number of imidazole rings is 1. The minimum Gasteiger partial charge on any atom is -0.459 e. The lowest BCUT2D eigenvalue weighted by atomic mass is 10.1. The van der Waals surface area contributed by atoms with Gasteiger partial charge >= 0.3 is 5.97 Å². The molecule has 9 heteroatoms. The van der Waals surface area contributed by atoms with E-state index in [0.29, 0.717) is 41.7 Å². The molecule has 0 bridgehead atoms. The first-order chi connectivity index (χ1) is 18.6. The van der Waals surface area contributed by atoms with Crippen molar-refractivity contribution in [1.29, 1.82) is 0 Å². The Morgan fingerprint density at radius 2 is 1.56 bits per heavy atom. The maximum Gasteiger partial charge on any atom is 0.326 e. The molecular weight excluding hydrogens is 530 g/mol. The molecule has 4 rings (SSSR count). The number of sulfonamides is 1. The Hall–Kier alpha value is -3.14. The third kappa shape index (κ3) is 7.94. The highest BCUT2D eigenvalue weighted by Crippen LogP contribution is 2.26. The van der Waals surface area contributed by atoms with Crippen LogP contribution < -0.4 is 0 Å². The third-order valence-electron chi connectivity index (χ3n) is 5.98. The minimum atomic E-state index is -3.64. The van der Waals surface area contributed by atoms with Crippen LogP contribution >= 0.6 is 11.8 Å². The monoisotopic (exact) mass is 565 g/mol. The number of carbonyl (C=O) groups is 1. The summed E-state index contributed by atoms with van der Waals surface area (Å²) in [5, 5.41) is 0.712. The number of para-hydroxylation sites is 2. The van der Waals surface area contributed by atoms with Crippen molar-refractivity contribution in [2.24, 2.45) is 0 Å². The van der Waals surface area contributed by atoms with Crippen molar-refractivity contribution in [3.05, 3.63) is 90.5 Å². The zero-order chi connectivity index (χ0) is 27.9. The van der Waals surface area contributed by atoms with Crippen LogP contribution in [0.15, 0.2) is 95.0 Å². The predicted octanol–water partition coefficient (Wildman–Crippen LogP) is 5.79. The molecule has 0 saturated heterocycles. The van der Waals surface area contributed by atoms with E-state index in [-0.39, 0.29) is 12.5 Å². The second-order valence-electron chi connectivity index (χ2n) is 10.2. The fourth-order valence-corrected chi connectivity index (χ4v) is 6.65. The molecule has 39 heavy (non-hydrogen) atoms. The number of nitrogens with zero attached hydrogens (tertiary/aromatic N) is 3. The second-order valence-corrected chi connectivity index (χ2v) is 13.2. The molecule has 0 aliphatic heterocycles. The van der Waals surface area contributed by atoms with Crippen molar-refractivity contribution in [3.63, 3.8) is 0 Å². The summed E-state index contributed by atoms with van der Waals surface area (Å²) in [4.78, 5) is 17.7. The van der Waals surface area contributed by atoms with E-state index in [2.05, 4.69) is 0 Å². The van der Waals surface area contributed by atoms with Crippen molar-refractivity contribution in [3.8, 4) is 0 Å². The van der Waals surface area contributed by atoms with E-state index in [4.69, 9.17) is 9.72 Å². The summed E-state index contributed by atoms with van der Waals surface area (Å²) < 4.78 is 35.9. The number of fused-ring (bicyclic) bond motifs is 1. The number of ether oxygens (including phenoxy) is 1. The molecule has 0 spiro atoms. The van der Waals surface area contributed by atoms with Crippen molar-refractivity contribution in [1.82, 2.24) is 13.9 Å². The number of carbonyl (C=O) groups excluding carboxylic acids is 1. The lowest BCUT2D eigenvalue weighted by molar-refractivity contribution is -0.155. The molecule has 0 atom stereocenters. The number of hydrogen-bond acceptors (Lipinski definition) is 6. The highest BCUT2D eigenvalue weighted by molar-refractivity contribution is 7.99. The lowest BCUT2D eigenvalue weighted by Gasteiger charge is -2.22. The van der Waals surface area contributed by atoms with E-state index in [9.17, 15) is 13.2 Å². The lowest BCUT2D eigenvalue weighted by Crippen LogP contribution is -2.34.